The van der Waals surface area contributed by atoms with E-state index in [0.29, 0.717) is 6.04 Å². The van der Waals surface area contributed by atoms with Gasteiger partial charge in [0.25, 0.3) is 5.91 Å². The number of nitrogens with zero attached hydrogens (tertiary/aromatic N) is 2. The van der Waals surface area contributed by atoms with E-state index in [9.17, 15) is 4.79 Å². The lowest BCUT2D eigenvalue weighted by Gasteiger charge is -2.27. The molecule has 1 aromatic rings. The van der Waals surface area contributed by atoms with Gasteiger partial charge < -0.3 is 15.1 Å². The van der Waals surface area contributed by atoms with Gasteiger partial charge in [-0.2, -0.15) is 0 Å². The van der Waals surface area contributed by atoms with Gasteiger partial charge in [-0.3, -0.25) is 4.79 Å². The van der Waals surface area contributed by atoms with Gasteiger partial charge in [0.2, 0.25) is 0 Å². The van der Waals surface area contributed by atoms with Crippen molar-refractivity contribution >= 4 is 11.6 Å². The molecule has 0 aromatic heterocycles. The third-order valence-electron chi connectivity index (χ3n) is 4.05. The third kappa shape index (κ3) is 3.76. The van der Waals surface area contributed by atoms with Crippen molar-refractivity contribution in [2.45, 2.75) is 32.7 Å². The molecule has 1 heterocycles. The SMILES string of the molecule is CCNc1ccc(C(=O)N2CCCC2CN(C)C)c(C)c1. The van der Waals surface area contributed by atoms with Gasteiger partial charge in [0, 0.05) is 36.9 Å². The molecule has 1 saturated heterocycles. The third-order valence-corrected chi connectivity index (χ3v) is 4.05. The van der Waals surface area contributed by atoms with Crippen LogP contribution in [0.5, 0.6) is 0 Å². The van der Waals surface area contributed by atoms with Crippen molar-refractivity contribution in [3.8, 4) is 0 Å². The molecule has 0 spiro atoms. The molecule has 1 aliphatic rings. The first-order chi connectivity index (χ1) is 10.0. The Morgan fingerprint density at radius 2 is 2.19 bits per heavy atom. The second-order valence-electron chi connectivity index (χ2n) is 6.12. The summed E-state index contributed by atoms with van der Waals surface area (Å²) in [5.74, 6) is 0.180. The molecule has 21 heavy (non-hydrogen) atoms. The molecule has 0 radical (unpaired) electrons. The van der Waals surface area contributed by atoms with Gasteiger partial charge in [-0.25, -0.2) is 0 Å². The molecule has 2 rings (SSSR count). The van der Waals surface area contributed by atoms with Gasteiger partial charge in [0.1, 0.15) is 0 Å². The van der Waals surface area contributed by atoms with E-state index in [4.69, 9.17) is 0 Å². The summed E-state index contributed by atoms with van der Waals surface area (Å²) in [6.45, 7) is 6.81. The number of rotatable bonds is 5. The molecule has 1 aromatic carbocycles. The van der Waals surface area contributed by atoms with Crippen LogP contribution in [-0.2, 0) is 0 Å². The standard InChI is InChI=1S/C17H27N3O/c1-5-18-14-8-9-16(13(2)11-14)17(21)20-10-6-7-15(20)12-19(3)4/h8-9,11,15,18H,5-7,10,12H2,1-4H3. The van der Waals surface area contributed by atoms with Crippen LogP contribution in [0.15, 0.2) is 18.2 Å². The van der Waals surface area contributed by atoms with Crippen LogP contribution in [0, 0.1) is 6.92 Å². The average molecular weight is 289 g/mol. The number of carbonyl (C=O) groups is 1. The minimum absolute atomic E-state index is 0.180. The Labute approximate surface area is 128 Å². The Morgan fingerprint density at radius 1 is 1.43 bits per heavy atom. The summed E-state index contributed by atoms with van der Waals surface area (Å²) < 4.78 is 0. The van der Waals surface area contributed by atoms with Gasteiger partial charge in [-0.1, -0.05) is 0 Å². The van der Waals surface area contributed by atoms with Crippen molar-refractivity contribution in [2.75, 3.05) is 39.0 Å². The zero-order chi connectivity index (χ0) is 15.4. The topological polar surface area (TPSA) is 35.6 Å². The van der Waals surface area contributed by atoms with Crippen LogP contribution >= 0.6 is 0 Å². The summed E-state index contributed by atoms with van der Waals surface area (Å²) in [6.07, 6.45) is 2.22. The lowest BCUT2D eigenvalue weighted by Crippen LogP contribution is -2.41. The fourth-order valence-corrected chi connectivity index (χ4v) is 3.09. The highest BCUT2D eigenvalue weighted by Crippen LogP contribution is 2.23. The maximum Gasteiger partial charge on any atom is 0.254 e. The number of amides is 1. The van der Waals surface area contributed by atoms with E-state index in [1.807, 2.05) is 19.1 Å². The highest BCUT2D eigenvalue weighted by Gasteiger charge is 2.30. The van der Waals surface area contributed by atoms with Crippen molar-refractivity contribution in [2.24, 2.45) is 0 Å². The summed E-state index contributed by atoms with van der Waals surface area (Å²) in [4.78, 5) is 17.0. The Balaban J connectivity index is 2.15. The molecule has 1 aliphatic heterocycles. The van der Waals surface area contributed by atoms with E-state index in [1.54, 1.807) is 0 Å². The highest BCUT2D eigenvalue weighted by atomic mass is 16.2. The second-order valence-corrected chi connectivity index (χ2v) is 6.12. The molecule has 0 aliphatic carbocycles. The van der Waals surface area contributed by atoms with Crippen LogP contribution in [0.3, 0.4) is 0 Å². The highest BCUT2D eigenvalue weighted by molar-refractivity contribution is 5.96. The van der Waals surface area contributed by atoms with Crippen molar-refractivity contribution in [3.63, 3.8) is 0 Å². The lowest BCUT2D eigenvalue weighted by molar-refractivity contribution is 0.0716. The summed E-state index contributed by atoms with van der Waals surface area (Å²) >= 11 is 0. The summed E-state index contributed by atoms with van der Waals surface area (Å²) in [7, 11) is 4.13. The van der Waals surface area contributed by atoms with Gasteiger partial charge in [-0.05, 0) is 64.5 Å². The molecule has 116 valence electrons. The number of benzene rings is 1. The number of likely N-dealkylation sites (tertiary alicyclic amines) is 1. The lowest BCUT2D eigenvalue weighted by atomic mass is 10.1. The van der Waals surface area contributed by atoms with Gasteiger partial charge in [-0.15, -0.1) is 0 Å². The summed E-state index contributed by atoms with van der Waals surface area (Å²) in [5.41, 5.74) is 2.97. The van der Waals surface area contributed by atoms with Crippen LogP contribution < -0.4 is 5.32 Å². The number of hydrogen-bond donors (Lipinski definition) is 1. The molecule has 1 fully saturated rings. The van der Waals surface area contributed by atoms with Gasteiger partial charge in [0.15, 0.2) is 0 Å². The van der Waals surface area contributed by atoms with Gasteiger partial charge >= 0.3 is 0 Å². The maximum atomic E-state index is 12.8. The second kappa shape index (κ2) is 6.94. The molecule has 1 atom stereocenters. The Morgan fingerprint density at radius 3 is 2.81 bits per heavy atom. The monoisotopic (exact) mass is 289 g/mol. The van der Waals surface area contributed by atoms with Crippen LogP contribution in [0.25, 0.3) is 0 Å². The van der Waals surface area contributed by atoms with Crippen LogP contribution in [0.1, 0.15) is 35.7 Å². The fraction of sp³-hybridized carbons (Fsp3) is 0.588. The zero-order valence-electron chi connectivity index (χ0n) is 13.6. The van der Waals surface area contributed by atoms with Crippen molar-refractivity contribution in [1.29, 1.82) is 0 Å². The van der Waals surface area contributed by atoms with Crippen LogP contribution in [0.4, 0.5) is 5.69 Å². The van der Waals surface area contributed by atoms with E-state index in [-0.39, 0.29) is 5.91 Å². The molecule has 1 N–H and O–H groups in total. The molecular weight excluding hydrogens is 262 g/mol. The maximum absolute atomic E-state index is 12.8. The number of hydrogen-bond acceptors (Lipinski definition) is 3. The predicted molar refractivity (Wildman–Crippen MR) is 88.0 cm³/mol. The number of aryl methyl sites for hydroxylation is 1. The predicted octanol–water partition coefficient (Wildman–Crippen LogP) is 2.59. The van der Waals surface area contributed by atoms with E-state index < -0.39 is 0 Å². The van der Waals surface area contributed by atoms with E-state index in [2.05, 4.69) is 42.2 Å². The van der Waals surface area contributed by atoms with Crippen molar-refractivity contribution in [3.05, 3.63) is 29.3 Å². The minimum atomic E-state index is 0.180. The average Bonchev–Trinajstić information content (AvgIpc) is 2.86. The first kappa shape index (κ1) is 15.8. The van der Waals surface area contributed by atoms with E-state index in [0.717, 1.165) is 49.3 Å². The summed E-state index contributed by atoms with van der Waals surface area (Å²) in [6, 6.07) is 6.37. The minimum Gasteiger partial charge on any atom is -0.385 e. The smallest absolute Gasteiger partial charge is 0.254 e. The number of carbonyl (C=O) groups excluding carboxylic acids is 1. The van der Waals surface area contributed by atoms with Gasteiger partial charge in [0.05, 0.1) is 0 Å². The first-order valence-corrected chi connectivity index (χ1v) is 7.83. The number of likely N-dealkylation sites (N-methyl/N-ethyl adjacent to an activating group) is 1. The number of nitrogens with one attached hydrogen (secondary N) is 1. The van der Waals surface area contributed by atoms with E-state index >= 15 is 0 Å². The molecule has 0 bridgehead atoms. The summed E-state index contributed by atoms with van der Waals surface area (Å²) in [5, 5.41) is 3.29. The molecular formula is C17H27N3O. The Kier molecular flexibility index (Phi) is 5.23. The molecule has 4 nitrogen and oxygen atoms in total. The molecule has 1 unspecified atom stereocenters. The fourth-order valence-electron chi connectivity index (χ4n) is 3.09. The van der Waals surface area contributed by atoms with Crippen molar-refractivity contribution < 1.29 is 4.79 Å². The van der Waals surface area contributed by atoms with E-state index in [1.165, 1.54) is 0 Å². The molecule has 0 saturated carbocycles. The van der Waals surface area contributed by atoms with Crippen LogP contribution in [0.2, 0.25) is 0 Å². The van der Waals surface area contributed by atoms with Crippen molar-refractivity contribution in [1.82, 2.24) is 9.80 Å². The molecule has 4 heteroatoms. The molecule has 1 amide bonds. The first-order valence-electron chi connectivity index (χ1n) is 7.83. The normalized spacial score (nSPS) is 18.3. The number of anilines is 1. The van der Waals surface area contributed by atoms with Crippen LogP contribution in [-0.4, -0.2) is 55.5 Å². The zero-order valence-corrected chi connectivity index (χ0v) is 13.6. The Hall–Kier alpha value is -1.55. The Bertz CT molecular complexity index is 499. The quantitative estimate of drug-likeness (QED) is 0.905. The largest absolute Gasteiger partial charge is 0.385 e.